The van der Waals surface area contributed by atoms with Gasteiger partial charge >= 0.3 is 0 Å². The Morgan fingerprint density at radius 3 is 2.96 bits per heavy atom. The summed E-state index contributed by atoms with van der Waals surface area (Å²) in [5.74, 6) is -0.230. The van der Waals surface area contributed by atoms with Crippen molar-refractivity contribution in [2.75, 3.05) is 18.4 Å². The minimum atomic E-state index is -0.230. The van der Waals surface area contributed by atoms with Gasteiger partial charge in [-0.2, -0.15) is 5.10 Å². The highest BCUT2D eigenvalue weighted by Crippen LogP contribution is 2.21. The summed E-state index contributed by atoms with van der Waals surface area (Å²) in [6.45, 7) is 3.13. The van der Waals surface area contributed by atoms with E-state index in [-0.39, 0.29) is 5.91 Å². The van der Waals surface area contributed by atoms with Gasteiger partial charge in [-0.15, -0.1) is 11.3 Å². The number of H-pyrrole nitrogens is 1. The molecule has 1 aromatic carbocycles. The topological polar surface area (TPSA) is 73.9 Å². The average Bonchev–Trinajstić information content (AvgIpc) is 3.22. The number of aromatic nitrogens is 3. The third kappa shape index (κ3) is 3.18. The Kier molecular flexibility index (Phi) is 4.27. The van der Waals surface area contributed by atoms with Crippen molar-refractivity contribution in [1.29, 1.82) is 0 Å². The van der Waals surface area contributed by atoms with Crippen LogP contribution in [0.2, 0.25) is 0 Å². The number of para-hydroxylation sites is 1. The van der Waals surface area contributed by atoms with Crippen LogP contribution in [0.3, 0.4) is 0 Å². The summed E-state index contributed by atoms with van der Waals surface area (Å²) < 4.78 is 0. The molecule has 1 aliphatic rings. The number of hydrogen-bond donors (Lipinski definition) is 2. The van der Waals surface area contributed by atoms with Crippen LogP contribution in [0.15, 0.2) is 29.6 Å². The molecule has 0 radical (unpaired) electrons. The van der Waals surface area contributed by atoms with Gasteiger partial charge in [0.05, 0.1) is 11.2 Å². The van der Waals surface area contributed by atoms with Crippen LogP contribution in [0.4, 0.5) is 5.13 Å². The lowest BCUT2D eigenvalue weighted by molar-refractivity contribution is 0.102. The second-order valence-electron chi connectivity index (χ2n) is 6.05. The first-order valence-corrected chi connectivity index (χ1v) is 9.09. The molecular weight excluding hydrogens is 322 g/mol. The zero-order valence-corrected chi connectivity index (χ0v) is 14.1. The smallest absolute Gasteiger partial charge is 0.278 e. The Balaban J connectivity index is 1.44. The van der Waals surface area contributed by atoms with Gasteiger partial charge in [0.2, 0.25) is 0 Å². The molecule has 1 saturated heterocycles. The van der Waals surface area contributed by atoms with E-state index in [4.69, 9.17) is 0 Å². The summed E-state index contributed by atoms with van der Waals surface area (Å²) in [4.78, 5) is 19.4. The largest absolute Gasteiger partial charge is 0.297 e. The molecule has 0 aliphatic carbocycles. The van der Waals surface area contributed by atoms with Crippen LogP contribution in [0, 0.1) is 0 Å². The number of carbonyl (C=O) groups is 1. The zero-order valence-electron chi connectivity index (χ0n) is 13.3. The summed E-state index contributed by atoms with van der Waals surface area (Å²) in [7, 11) is 0. The monoisotopic (exact) mass is 341 g/mol. The maximum Gasteiger partial charge on any atom is 0.278 e. The lowest BCUT2D eigenvalue weighted by atomic mass is 10.1. The van der Waals surface area contributed by atoms with E-state index >= 15 is 0 Å². The molecule has 1 fully saturated rings. The van der Waals surface area contributed by atoms with Crippen molar-refractivity contribution in [2.24, 2.45) is 0 Å². The number of hydrogen-bond acceptors (Lipinski definition) is 5. The predicted octanol–water partition coefficient (Wildman–Crippen LogP) is 3.26. The number of anilines is 1. The molecule has 1 amide bonds. The molecule has 0 atom stereocenters. The normalized spacial score (nSPS) is 15.7. The van der Waals surface area contributed by atoms with E-state index in [1.54, 1.807) is 0 Å². The Morgan fingerprint density at radius 1 is 1.25 bits per heavy atom. The van der Waals surface area contributed by atoms with Crippen molar-refractivity contribution in [3.8, 4) is 0 Å². The second-order valence-corrected chi connectivity index (χ2v) is 6.91. The highest BCUT2D eigenvalue weighted by molar-refractivity contribution is 7.14. The lowest BCUT2D eigenvalue weighted by Gasteiger charge is -2.25. The standard InChI is InChI=1S/C17H19N5OS/c23-16(15-13-6-2-3-7-14(13)20-21-15)19-17-18-12(11-24-17)10-22-8-4-1-5-9-22/h2-3,6-7,11H,1,4-5,8-10H2,(H,20,21)(H,18,19,23). The molecule has 6 nitrogen and oxygen atoms in total. The van der Waals surface area contributed by atoms with E-state index in [1.165, 1.54) is 30.6 Å². The fraction of sp³-hybridized carbons (Fsp3) is 0.353. The van der Waals surface area contributed by atoms with Crippen LogP contribution in [-0.4, -0.2) is 39.1 Å². The molecule has 7 heteroatoms. The van der Waals surface area contributed by atoms with E-state index in [0.717, 1.165) is 36.2 Å². The fourth-order valence-corrected chi connectivity index (χ4v) is 3.77. The van der Waals surface area contributed by atoms with Crippen LogP contribution in [0.5, 0.6) is 0 Å². The van der Waals surface area contributed by atoms with Gasteiger partial charge in [0.1, 0.15) is 0 Å². The molecule has 4 rings (SSSR count). The predicted molar refractivity (Wildman–Crippen MR) is 95.3 cm³/mol. The van der Waals surface area contributed by atoms with Crippen molar-refractivity contribution >= 4 is 33.3 Å². The first-order valence-electron chi connectivity index (χ1n) is 8.21. The average molecular weight is 341 g/mol. The van der Waals surface area contributed by atoms with E-state index < -0.39 is 0 Å². The minimum Gasteiger partial charge on any atom is -0.297 e. The molecule has 2 N–H and O–H groups in total. The van der Waals surface area contributed by atoms with Gasteiger partial charge in [-0.1, -0.05) is 24.6 Å². The van der Waals surface area contributed by atoms with E-state index in [0.29, 0.717) is 10.8 Å². The summed E-state index contributed by atoms with van der Waals surface area (Å²) in [6.07, 6.45) is 3.85. The number of thiazole rings is 1. The van der Waals surface area contributed by atoms with Crippen LogP contribution in [-0.2, 0) is 6.54 Å². The van der Waals surface area contributed by atoms with Gasteiger partial charge < -0.3 is 0 Å². The van der Waals surface area contributed by atoms with E-state index in [1.807, 2.05) is 29.6 Å². The van der Waals surface area contributed by atoms with Crippen LogP contribution in [0.1, 0.15) is 35.4 Å². The molecular formula is C17H19N5OS. The number of fused-ring (bicyclic) bond motifs is 1. The minimum absolute atomic E-state index is 0.230. The summed E-state index contributed by atoms with van der Waals surface area (Å²) in [5.41, 5.74) is 2.27. The first kappa shape index (κ1) is 15.3. The Bertz CT molecular complexity index is 849. The number of nitrogens with zero attached hydrogens (tertiary/aromatic N) is 3. The molecule has 24 heavy (non-hydrogen) atoms. The summed E-state index contributed by atoms with van der Waals surface area (Å²) >= 11 is 1.46. The number of nitrogens with one attached hydrogen (secondary N) is 2. The van der Waals surface area contributed by atoms with Crippen LogP contribution in [0.25, 0.3) is 10.9 Å². The quantitative estimate of drug-likeness (QED) is 0.764. The van der Waals surface area contributed by atoms with Crippen LogP contribution >= 0.6 is 11.3 Å². The number of piperidine rings is 1. The maximum atomic E-state index is 12.5. The second kappa shape index (κ2) is 6.70. The van der Waals surface area contributed by atoms with Crippen molar-refractivity contribution in [3.63, 3.8) is 0 Å². The van der Waals surface area contributed by atoms with Gasteiger partial charge in [-0.25, -0.2) is 4.98 Å². The number of aromatic amines is 1. The molecule has 2 aromatic heterocycles. The van der Waals surface area contributed by atoms with Crippen molar-refractivity contribution in [2.45, 2.75) is 25.8 Å². The zero-order chi connectivity index (χ0) is 16.4. The third-order valence-corrected chi connectivity index (χ3v) is 5.10. The van der Waals surface area contributed by atoms with Crippen molar-refractivity contribution in [1.82, 2.24) is 20.1 Å². The molecule has 0 saturated carbocycles. The van der Waals surface area contributed by atoms with Gasteiger partial charge in [0, 0.05) is 17.3 Å². The Morgan fingerprint density at radius 2 is 2.08 bits per heavy atom. The highest BCUT2D eigenvalue weighted by Gasteiger charge is 2.16. The number of carbonyl (C=O) groups excluding carboxylic acids is 1. The third-order valence-electron chi connectivity index (χ3n) is 4.29. The fourth-order valence-electron chi connectivity index (χ4n) is 3.08. The molecule has 0 bridgehead atoms. The van der Waals surface area contributed by atoms with E-state index in [9.17, 15) is 4.79 Å². The van der Waals surface area contributed by atoms with Gasteiger partial charge in [0.25, 0.3) is 5.91 Å². The number of benzene rings is 1. The summed E-state index contributed by atoms with van der Waals surface area (Å²) in [5, 5.41) is 13.3. The van der Waals surface area contributed by atoms with Gasteiger partial charge in [-0.05, 0) is 32.0 Å². The van der Waals surface area contributed by atoms with Crippen LogP contribution < -0.4 is 5.32 Å². The van der Waals surface area contributed by atoms with Gasteiger partial charge in [0.15, 0.2) is 10.8 Å². The molecule has 0 spiro atoms. The molecule has 0 unspecified atom stereocenters. The molecule has 3 heterocycles. The number of amides is 1. The van der Waals surface area contributed by atoms with Crippen molar-refractivity contribution < 1.29 is 4.79 Å². The highest BCUT2D eigenvalue weighted by atomic mass is 32.1. The maximum absolute atomic E-state index is 12.5. The summed E-state index contributed by atoms with van der Waals surface area (Å²) in [6, 6.07) is 7.60. The first-order chi connectivity index (χ1) is 11.8. The number of rotatable bonds is 4. The number of likely N-dealkylation sites (tertiary alicyclic amines) is 1. The SMILES string of the molecule is O=C(Nc1nc(CN2CCCCC2)cs1)c1n[nH]c2ccccc12. The molecule has 124 valence electrons. The van der Waals surface area contributed by atoms with Crippen molar-refractivity contribution in [3.05, 3.63) is 41.0 Å². The molecule has 1 aliphatic heterocycles. The van der Waals surface area contributed by atoms with Gasteiger partial charge in [-0.3, -0.25) is 20.1 Å². The molecule has 3 aromatic rings. The Hall–Kier alpha value is -2.25. The van der Waals surface area contributed by atoms with E-state index in [2.05, 4.69) is 25.4 Å². The lowest BCUT2D eigenvalue weighted by Crippen LogP contribution is -2.29. The Labute approximate surface area is 143 Å².